The molecule has 0 saturated heterocycles. The number of allylic oxidation sites excluding steroid dienone is 5. The Morgan fingerprint density at radius 2 is 1.00 bits per heavy atom. The molecule has 0 aliphatic heterocycles. The van der Waals surface area contributed by atoms with Crippen LogP contribution in [0.3, 0.4) is 0 Å². The summed E-state index contributed by atoms with van der Waals surface area (Å²) in [5.74, 6) is 0.719. The van der Waals surface area contributed by atoms with Crippen molar-refractivity contribution in [2.45, 2.75) is 195 Å². The molecule has 0 aliphatic rings. The molecule has 0 amide bonds. The number of rotatable bonds is 29. The molecule has 230 valence electrons. The summed E-state index contributed by atoms with van der Waals surface area (Å²) in [6.45, 7) is 13.9. The van der Waals surface area contributed by atoms with Gasteiger partial charge >= 0.3 is 0 Å². The number of hydrogen-bond acceptors (Lipinski definition) is 1. The lowest BCUT2D eigenvalue weighted by Gasteiger charge is -2.23. The molecule has 1 atom stereocenters. The van der Waals surface area contributed by atoms with Gasteiger partial charge < -0.3 is 4.74 Å². The van der Waals surface area contributed by atoms with Crippen LogP contribution in [0.25, 0.3) is 0 Å². The summed E-state index contributed by atoms with van der Waals surface area (Å²) in [5, 5.41) is 0. The van der Waals surface area contributed by atoms with Crippen molar-refractivity contribution < 1.29 is 4.74 Å². The van der Waals surface area contributed by atoms with Gasteiger partial charge in [-0.2, -0.15) is 0 Å². The van der Waals surface area contributed by atoms with Gasteiger partial charge in [-0.25, -0.2) is 0 Å². The average molecular weight is 545 g/mol. The van der Waals surface area contributed by atoms with E-state index in [4.69, 9.17) is 4.74 Å². The minimum absolute atomic E-state index is 0.220. The first-order chi connectivity index (χ1) is 18.9. The smallest absolute Gasteiger partial charge is 0.0978 e. The van der Waals surface area contributed by atoms with Crippen LogP contribution in [0.2, 0.25) is 0 Å². The Bertz CT molecular complexity index is 567. The maximum Gasteiger partial charge on any atom is 0.0978 e. The van der Waals surface area contributed by atoms with Crippen molar-refractivity contribution in [2.75, 3.05) is 0 Å². The van der Waals surface area contributed by atoms with Crippen LogP contribution in [0.4, 0.5) is 0 Å². The first kappa shape index (κ1) is 38.0. The van der Waals surface area contributed by atoms with Crippen LogP contribution in [0.1, 0.15) is 189 Å². The van der Waals surface area contributed by atoms with Crippen LogP contribution in [0, 0.1) is 11.3 Å². The van der Waals surface area contributed by atoms with E-state index in [0.717, 1.165) is 12.3 Å². The molecule has 1 nitrogen and oxygen atoms in total. The van der Waals surface area contributed by atoms with Gasteiger partial charge in [0.05, 0.1) is 12.4 Å². The SMILES string of the molecule is CCCCCC=CCC=CCCCCCCCCC(CCCCCCCCCC)OC=CC(C)(C)CC(C)C. The molecule has 39 heavy (non-hydrogen) atoms. The van der Waals surface area contributed by atoms with Crippen molar-refractivity contribution >= 4 is 0 Å². The van der Waals surface area contributed by atoms with Crippen molar-refractivity contribution in [3.05, 3.63) is 36.6 Å². The van der Waals surface area contributed by atoms with Crippen LogP contribution in [0.15, 0.2) is 36.6 Å². The molecule has 0 N–H and O–H groups in total. The maximum atomic E-state index is 6.35. The number of hydrogen-bond donors (Lipinski definition) is 0. The predicted molar refractivity (Wildman–Crippen MR) is 178 cm³/mol. The second kappa shape index (κ2) is 28.5. The lowest BCUT2D eigenvalue weighted by atomic mass is 9.84. The predicted octanol–water partition coefficient (Wildman–Crippen LogP) is 13.7. The van der Waals surface area contributed by atoms with E-state index in [1.54, 1.807) is 0 Å². The van der Waals surface area contributed by atoms with Gasteiger partial charge in [0, 0.05) is 0 Å². The molecular formula is C38H72O. The van der Waals surface area contributed by atoms with Gasteiger partial charge in [0.15, 0.2) is 0 Å². The summed E-state index contributed by atoms with van der Waals surface area (Å²) in [7, 11) is 0. The van der Waals surface area contributed by atoms with Crippen molar-refractivity contribution in [1.29, 1.82) is 0 Å². The molecule has 1 heteroatoms. The highest BCUT2D eigenvalue weighted by Crippen LogP contribution is 2.27. The van der Waals surface area contributed by atoms with Crippen molar-refractivity contribution in [3.63, 3.8) is 0 Å². The molecule has 0 heterocycles. The summed E-state index contributed by atoms with van der Waals surface area (Å²) in [5.41, 5.74) is 0.220. The number of unbranched alkanes of at least 4 members (excludes halogenated alkanes) is 16. The van der Waals surface area contributed by atoms with Crippen LogP contribution in [-0.4, -0.2) is 6.10 Å². The van der Waals surface area contributed by atoms with Gasteiger partial charge in [0.2, 0.25) is 0 Å². The molecule has 0 aliphatic carbocycles. The van der Waals surface area contributed by atoms with Crippen molar-refractivity contribution in [1.82, 2.24) is 0 Å². The van der Waals surface area contributed by atoms with Crippen LogP contribution in [0.5, 0.6) is 0 Å². The topological polar surface area (TPSA) is 9.23 Å². The van der Waals surface area contributed by atoms with Gasteiger partial charge in [-0.3, -0.25) is 0 Å². The first-order valence-electron chi connectivity index (χ1n) is 17.5. The molecule has 0 aromatic carbocycles. The largest absolute Gasteiger partial charge is 0.498 e. The summed E-state index contributed by atoms with van der Waals surface area (Å²) in [6, 6.07) is 0. The first-order valence-corrected chi connectivity index (χ1v) is 17.5. The van der Waals surface area contributed by atoms with Crippen molar-refractivity contribution in [3.8, 4) is 0 Å². The quantitative estimate of drug-likeness (QED) is 0.0517. The van der Waals surface area contributed by atoms with Gasteiger partial charge in [0.1, 0.15) is 0 Å². The van der Waals surface area contributed by atoms with Gasteiger partial charge in [0.25, 0.3) is 0 Å². The zero-order valence-electron chi connectivity index (χ0n) is 27.8. The minimum atomic E-state index is 0.220. The molecule has 0 fully saturated rings. The molecular weight excluding hydrogens is 472 g/mol. The molecule has 1 unspecified atom stereocenters. The average Bonchev–Trinajstić information content (AvgIpc) is 2.88. The highest BCUT2D eigenvalue weighted by molar-refractivity contribution is 4.93. The van der Waals surface area contributed by atoms with Crippen LogP contribution >= 0.6 is 0 Å². The van der Waals surface area contributed by atoms with Gasteiger partial charge in [-0.15, -0.1) is 0 Å². The fourth-order valence-corrected chi connectivity index (χ4v) is 5.60. The van der Waals surface area contributed by atoms with Crippen LogP contribution in [-0.2, 0) is 4.74 Å². The lowest BCUT2D eigenvalue weighted by molar-refractivity contribution is 0.118. The van der Waals surface area contributed by atoms with E-state index >= 15 is 0 Å². The molecule has 0 radical (unpaired) electrons. The minimum Gasteiger partial charge on any atom is -0.498 e. The third-order valence-electron chi connectivity index (χ3n) is 7.83. The Hall–Kier alpha value is -0.980. The third-order valence-corrected chi connectivity index (χ3v) is 7.83. The molecule has 0 aromatic rings. The van der Waals surface area contributed by atoms with E-state index in [2.05, 4.69) is 71.9 Å². The Morgan fingerprint density at radius 3 is 1.51 bits per heavy atom. The summed E-state index contributed by atoms with van der Waals surface area (Å²) < 4.78 is 6.35. The fourth-order valence-electron chi connectivity index (χ4n) is 5.60. The molecule has 0 aromatic heterocycles. The molecule has 0 rings (SSSR count). The van der Waals surface area contributed by atoms with E-state index in [0.29, 0.717) is 6.10 Å². The summed E-state index contributed by atoms with van der Waals surface area (Å²) in [4.78, 5) is 0. The fraction of sp³-hybridized carbons (Fsp3) is 0.842. The van der Waals surface area contributed by atoms with Gasteiger partial charge in [-0.1, -0.05) is 149 Å². The Kier molecular flexibility index (Phi) is 27.8. The number of ether oxygens (including phenoxy) is 1. The zero-order valence-corrected chi connectivity index (χ0v) is 27.8. The molecule has 0 saturated carbocycles. The normalized spacial score (nSPS) is 13.5. The maximum absolute atomic E-state index is 6.35. The highest BCUT2D eigenvalue weighted by atomic mass is 16.5. The Balaban J connectivity index is 4.09. The van der Waals surface area contributed by atoms with E-state index < -0.39 is 0 Å². The second-order valence-corrected chi connectivity index (χ2v) is 13.3. The Morgan fingerprint density at radius 1 is 0.564 bits per heavy atom. The van der Waals surface area contributed by atoms with Gasteiger partial charge in [-0.05, 0) is 81.6 Å². The zero-order chi connectivity index (χ0) is 28.9. The molecule has 0 bridgehead atoms. The van der Waals surface area contributed by atoms with E-state index in [-0.39, 0.29) is 5.41 Å². The van der Waals surface area contributed by atoms with Crippen molar-refractivity contribution in [2.24, 2.45) is 11.3 Å². The summed E-state index contributed by atoms with van der Waals surface area (Å²) >= 11 is 0. The van der Waals surface area contributed by atoms with E-state index in [1.165, 1.54) is 141 Å². The second-order valence-electron chi connectivity index (χ2n) is 13.3. The van der Waals surface area contributed by atoms with Crippen LogP contribution < -0.4 is 0 Å². The van der Waals surface area contributed by atoms with E-state index in [1.807, 2.05) is 6.26 Å². The standard InChI is InChI=1S/C38H72O/c1-7-9-11-13-15-17-18-19-20-21-22-23-24-26-28-30-32-37(31-29-27-25-16-14-12-10-8-2)39-34-33-38(5,6)35-36(3)4/h15,17,19-20,33-34,36-37H,7-14,16,18,21-32,35H2,1-6H3. The lowest BCUT2D eigenvalue weighted by Crippen LogP contribution is -2.13. The Labute approximate surface area is 247 Å². The van der Waals surface area contributed by atoms with E-state index in [9.17, 15) is 0 Å². The summed E-state index contributed by atoms with van der Waals surface area (Å²) in [6.07, 6.45) is 44.8. The third kappa shape index (κ3) is 29.8. The highest BCUT2D eigenvalue weighted by Gasteiger charge is 2.16. The monoisotopic (exact) mass is 545 g/mol. The molecule has 0 spiro atoms.